The average molecular weight is 244 g/mol. The van der Waals surface area contributed by atoms with E-state index in [0.29, 0.717) is 39.0 Å². The Morgan fingerprint density at radius 3 is 2.88 bits per heavy atom. The lowest BCUT2D eigenvalue weighted by Gasteiger charge is -2.23. The number of nitrogens with one attached hydrogen (secondary N) is 2. The fourth-order valence-electron chi connectivity index (χ4n) is 1.66. The number of carbonyl (C=O) groups is 2. The molecule has 17 heavy (non-hydrogen) atoms. The Morgan fingerprint density at radius 2 is 2.24 bits per heavy atom. The standard InChI is InChI=1S/C11H20N2O4/c14-10(7-9-8-12-5-6-17-9)13-4-2-1-3-11(15)16/h9,12H,1-8H2,(H,13,14)(H,15,16). The Bertz CT molecular complexity index is 252. The van der Waals surface area contributed by atoms with Crippen LogP contribution in [-0.4, -0.2) is 49.3 Å². The van der Waals surface area contributed by atoms with E-state index in [1.54, 1.807) is 0 Å². The highest BCUT2D eigenvalue weighted by atomic mass is 16.5. The molecule has 1 heterocycles. The minimum Gasteiger partial charge on any atom is -0.481 e. The molecule has 1 aliphatic rings. The van der Waals surface area contributed by atoms with Crippen molar-refractivity contribution >= 4 is 11.9 Å². The molecule has 1 saturated heterocycles. The minimum atomic E-state index is -0.794. The number of hydrogen-bond donors (Lipinski definition) is 3. The number of morpholine rings is 1. The van der Waals surface area contributed by atoms with Crippen molar-refractivity contribution in [2.45, 2.75) is 31.8 Å². The first-order valence-electron chi connectivity index (χ1n) is 5.99. The molecule has 3 N–H and O–H groups in total. The lowest BCUT2D eigenvalue weighted by molar-refractivity contribution is -0.137. The number of carboxylic acids is 1. The Morgan fingerprint density at radius 1 is 1.41 bits per heavy atom. The maximum absolute atomic E-state index is 11.5. The molecule has 0 aromatic heterocycles. The lowest BCUT2D eigenvalue weighted by Crippen LogP contribution is -2.41. The van der Waals surface area contributed by atoms with Gasteiger partial charge in [-0.2, -0.15) is 0 Å². The van der Waals surface area contributed by atoms with Crippen molar-refractivity contribution in [2.75, 3.05) is 26.2 Å². The summed E-state index contributed by atoms with van der Waals surface area (Å²) < 4.78 is 5.41. The van der Waals surface area contributed by atoms with Gasteiger partial charge in [0.2, 0.25) is 5.91 Å². The Kier molecular flexibility index (Phi) is 6.57. The second-order valence-corrected chi connectivity index (χ2v) is 4.10. The molecule has 0 radical (unpaired) electrons. The molecule has 6 heteroatoms. The molecule has 0 aliphatic carbocycles. The molecule has 0 spiro atoms. The van der Waals surface area contributed by atoms with Crippen molar-refractivity contribution in [2.24, 2.45) is 0 Å². The summed E-state index contributed by atoms with van der Waals surface area (Å²) in [5, 5.41) is 14.4. The van der Waals surface area contributed by atoms with Gasteiger partial charge in [0.15, 0.2) is 0 Å². The summed E-state index contributed by atoms with van der Waals surface area (Å²) in [4.78, 5) is 21.7. The van der Waals surface area contributed by atoms with Gasteiger partial charge in [-0.25, -0.2) is 0 Å². The van der Waals surface area contributed by atoms with E-state index in [1.807, 2.05) is 0 Å². The predicted octanol–water partition coefficient (Wildman–Crippen LogP) is -0.264. The highest BCUT2D eigenvalue weighted by Gasteiger charge is 2.16. The van der Waals surface area contributed by atoms with Crippen LogP contribution in [0.2, 0.25) is 0 Å². The smallest absolute Gasteiger partial charge is 0.303 e. The van der Waals surface area contributed by atoms with Crippen LogP contribution < -0.4 is 10.6 Å². The summed E-state index contributed by atoms with van der Waals surface area (Å²) in [6, 6.07) is 0. The van der Waals surface area contributed by atoms with Gasteiger partial charge in [-0.05, 0) is 12.8 Å². The van der Waals surface area contributed by atoms with Crippen molar-refractivity contribution in [1.29, 1.82) is 0 Å². The second-order valence-electron chi connectivity index (χ2n) is 4.10. The van der Waals surface area contributed by atoms with Gasteiger partial charge in [0.25, 0.3) is 0 Å². The van der Waals surface area contributed by atoms with E-state index in [1.165, 1.54) is 0 Å². The van der Waals surface area contributed by atoms with Crippen molar-refractivity contribution in [3.05, 3.63) is 0 Å². The molecule has 0 aromatic rings. The number of unbranched alkanes of at least 4 members (excludes halogenated alkanes) is 1. The van der Waals surface area contributed by atoms with Crippen LogP contribution in [0.4, 0.5) is 0 Å². The highest BCUT2D eigenvalue weighted by molar-refractivity contribution is 5.76. The van der Waals surface area contributed by atoms with Crippen LogP contribution in [0, 0.1) is 0 Å². The summed E-state index contributed by atoms with van der Waals surface area (Å²) in [5.41, 5.74) is 0. The predicted molar refractivity (Wildman–Crippen MR) is 61.7 cm³/mol. The van der Waals surface area contributed by atoms with Gasteiger partial charge in [0, 0.05) is 26.1 Å². The zero-order valence-corrected chi connectivity index (χ0v) is 9.91. The summed E-state index contributed by atoms with van der Waals surface area (Å²) in [5.74, 6) is -0.827. The maximum atomic E-state index is 11.5. The number of aliphatic carboxylic acids is 1. The molecule has 1 aliphatic heterocycles. The highest BCUT2D eigenvalue weighted by Crippen LogP contribution is 2.01. The van der Waals surface area contributed by atoms with Gasteiger partial charge in [-0.3, -0.25) is 9.59 Å². The third-order valence-corrected chi connectivity index (χ3v) is 2.56. The third kappa shape index (κ3) is 6.91. The molecule has 1 unspecified atom stereocenters. The monoisotopic (exact) mass is 244 g/mol. The summed E-state index contributed by atoms with van der Waals surface area (Å²) in [7, 11) is 0. The normalized spacial score (nSPS) is 19.9. The topological polar surface area (TPSA) is 87.7 Å². The van der Waals surface area contributed by atoms with Crippen molar-refractivity contribution in [3.8, 4) is 0 Å². The van der Waals surface area contributed by atoms with Gasteiger partial charge in [-0.1, -0.05) is 0 Å². The number of hydrogen-bond acceptors (Lipinski definition) is 4. The largest absolute Gasteiger partial charge is 0.481 e. The molecule has 0 bridgehead atoms. The van der Waals surface area contributed by atoms with Crippen LogP contribution in [0.15, 0.2) is 0 Å². The maximum Gasteiger partial charge on any atom is 0.303 e. The molecular formula is C11H20N2O4. The van der Waals surface area contributed by atoms with Crippen molar-refractivity contribution in [3.63, 3.8) is 0 Å². The van der Waals surface area contributed by atoms with Gasteiger partial charge < -0.3 is 20.5 Å². The summed E-state index contributed by atoms with van der Waals surface area (Å²) in [6.45, 7) is 2.74. The first-order chi connectivity index (χ1) is 8.18. The van der Waals surface area contributed by atoms with Crippen molar-refractivity contribution < 1.29 is 19.4 Å². The van der Waals surface area contributed by atoms with Crippen molar-refractivity contribution in [1.82, 2.24) is 10.6 Å². The van der Waals surface area contributed by atoms with Gasteiger partial charge in [-0.15, -0.1) is 0 Å². The second kappa shape index (κ2) is 8.03. The van der Waals surface area contributed by atoms with E-state index in [4.69, 9.17) is 9.84 Å². The van der Waals surface area contributed by atoms with Gasteiger partial charge in [0.1, 0.15) is 0 Å². The molecule has 1 atom stereocenters. The average Bonchev–Trinajstić information content (AvgIpc) is 2.29. The number of carbonyl (C=O) groups excluding carboxylic acids is 1. The van der Waals surface area contributed by atoms with Crippen LogP contribution in [0.3, 0.4) is 0 Å². The van der Waals surface area contributed by atoms with E-state index in [2.05, 4.69) is 10.6 Å². The van der Waals surface area contributed by atoms with Crippen LogP contribution in [0.1, 0.15) is 25.7 Å². The van der Waals surface area contributed by atoms with E-state index in [-0.39, 0.29) is 18.4 Å². The van der Waals surface area contributed by atoms with E-state index in [9.17, 15) is 9.59 Å². The third-order valence-electron chi connectivity index (χ3n) is 2.56. The SMILES string of the molecule is O=C(O)CCCCNC(=O)CC1CNCCO1. The molecule has 1 fully saturated rings. The molecule has 0 saturated carbocycles. The van der Waals surface area contributed by atoms with E-state index < -0.39 is 5.97 Å². The van der Waals surface area contributed by atoms with Crippen LogP contribution >= 0.6 is 0 Å². The molecule has 6 nitrogen and oxygen atoms in total. The van der Waals surface area contributed by atoms with Gasteiger partial charge >= 0.3 is 5.97 Å². The summed E-state index contributed by atoms with van der Waals surface area (Å²) >= 11 is 0. The quantitative estimate of drug-likeness (QED) is 0.537. The Labute approximate surface area is 101 Å². The molecule has 1 amide bonds. The Balaban J connectivity index is 1.98. The molecular weight excluding hydrogens is 224 g/mol. The lowest BCUT2D eigenvalue weighted by atomic mass is 10.2. The molecule has 0 aromatic carbocycles. The molecule has 98 valence electrons. The van der Waals surface area contributed by atoms with Crippen LogP contribution in [-0.2, 0) is 14.3 Å². The summed E-state index contributed by atoms with van der Waals surface area (Å²) in [6.07, 6.45) is 1.78. The van der Waals surface area contributed by atoms with E-state index in [0.717, 1.165) is 6.54 Å². The number of rotatable bonds is 7. The number of amides is 1. The Hall–Kier alpha value is -1.14. The van der Waals surface area contributed by atoms with Crippen LogP contribution in [0.25, 0.3) is 0 Å². The first-order valence-corrected chi connectivity index (χ1v) is 5.99. The van der Waals surface area contributed by atoms with E-state index >= 15 is 0 Å². The van der Waals surface area contributed by atoms with Crippen LogP contribution in [0.5, 0.6) is 0 Å². The first kappa shape index (κ1) is 13.9. The zero-order chi connectivity index (χ0) is 12.5. The fraction of sp³-hybridized carbons (Fsp3) is 0.818. The zero-order valence-electron chi connectivity index (χ0n) is 9.91. The minimum absolute atomic E-state index is 0.0333. The number of ether oxygens (including phenoxy) is 1. The van der Waals surface area contributed by atoms with Gasteiger partial charge in [0.05, 0.1) is 19.1 Å². The fourth-order valence-corrected chi connectivity index (χ4v) is 1.66. The number of carboxylic acid groups (broad SMARTS) is 1. The molecule has 1 rings (SSSR count).